The van der Waals surface area contributed by atoms with Crippen LogP contribution in [0.25, 0.3) is 0 Å². The van der Waals surface area contributed by atoms with Crippen molar-refractivity contribution in [3.05, 3.63) is 48.6 Å². The third-order valence-corrected chi connectivity index (χ3v) is 12.9. The SMILES string of the molecule is CC/C=C\C/C=C\C/C=C\CCCCCCCCCC(=O)NC(COC1OC(CO)C(O)C(O)C1O)C(O)/C=C/CCCCCCCCCCCCCCCCCCCCCCCCC. The van der Waals surface area contributed by atoms with Crippen LogP contribution in [0.15, 0.2) is 48.6 Å². The normalized spacial score (nSPS) is 20.3. The standard InChI is InChI=1S/C56H103NO8/c1-3-5-7-9-11-13-15-17-19-21-22-23-24-25-26-27-28-30-31-33-35-37-39-41-43-45-50(59)49(48-64-56-55(63)54(62)53(61)51(47-58)65-56)57-52(60)46-44-42-40-38-36-34-32-29-20-18-16-14-12-10-8-6-4-2/h6,8,12,14,18,20,43,45,49-51,53-56,58-59,61-63H,3-5,7,9-11,13,15-17,19,21-42,44,46-48H2,1-2H3,(H,57,60)/b8-6-,14-12-,20-18-,45-43+. The summed E-state index contributed by atoms with van der Waals surface area (Å²) in [6, 6.07) is -0.812. The van der Waals surface area contributed by atoms with Crippen molar-refractivity contribution in [1.29, 1.82) is 0 Å². The van der Waals surface area contributed by atoms with Crippen molar-refractivity contribution >= 4 is 5.91 Å². The maximum Gasteiger partial charge on any atom is 0.220 e. The number of aliphatic hydroxyl groups excluding tert-OH is 5. The van der Waals surface area contributed by atoms with Crippen LogP contribution in [-0.2, 0) is 14.3 Å². The molecule has 65 heavy (non-hydrogen) atoms. The maximum absolute atomic E-state index is 13.0. The monoisotopic (exact) mass is 918 g/mol. The second-order valence-corrected chi connectivity index (χ2v) is 19.0. The van der Waals surface area contributed by atoms with E-state index in [2.05, 4.69) is 55.6 Å². The van der Waals surface area contributed by atoms with Gasteiger partial charge in [-0.3, -0.25) is 4.79 Å². The molecule has 0 aromatic carbocycles. The first-order valence-corrected chi connectivity index (χ1v) is 27.4. The Labute approximate surface area is 399 Å². The van der Waals surface area contributed by atoms with E-state index in [4.69, 9.17) is 9.47 Å². The number of hydrogen-bond donors (Lipinski definition) is 6. The van der Waals surface area contributed by atoms with Gasteiger partial charge in [-0.05, 0) is 51.4 Å². The zero-order chi connectivity index (χ0) is 47.3. The molecule has 7 atom stereocenters. The van der Waals surface area contributed by atoms with Gasteiger partial charge in [0.1, 0.15) is 24.4 Å². The van der Waals surface area contributed by atoms with Crippen molar-refractivity contribution < 1.29 is 39.8 Å². The Bertz CT molecular complexity index is 1160. The second-order valence-electron chi connectivity index (χ2n) is 19.0. The lowest BCUT2D eigenvalue weighted by Gasteiger charge is -2.40. The van der Waals surface area contributed by atoms with Crippen LogP contribution in [0.1, 0.15) is 245 Å². The molecule has 6 N–H and O–H groups in total. The summed E-state index contributed by atoms with van der Waals surface area (Å²) in [6.07, 6.45) is 53.1. The highest BCUT2D eigenvalue weighted by molar-refractivity contribution is 5.76. The van der Waals surface area contributed by atoms with Gasteiger partial charge < -0.3 is 40.3 Å². The Morgan fingerprint density at radius 2 is 0.954 bits per heavy atom. The van der Waals surface area contributed by atoms with E-state index in [9.17, 15) is 30.3 Å². The number of carbonyl (C=O) groups is 1. The fraction of sp³-hybridized carbons (Fsp3) is 0.839. The van der Waals surface area contributed by atoms with E-state index in [1.165, 1.54) is 154 Å². The number of allylic oxidation sites excluding steroid dienone is 7. The molecule has 380 valence electrons. The lowest BCUT2D eigenvalue weighted by molar-refractivity contribution is -0.302. The minimum absolute atomic E-state index is 0.186. The number of carbonyl (C=O) groups excluding carboxylic acids is 1. The number of hydrogen-bond acceptors (Lipinski definition) is 8. The Morgan fingerprint density at radius 3 is 1.42 bits per heavy atom. The summed E-state index contributed by atoms with van der Waals surface area (Å²) >= 11 is 0. The van der Waals surface area contributed by atoms with Crippen LogP contribution < -0.4 is 5.32 Å². The molecule has 7 unspecified atom stereocenters. The molecule has 0 aromatic rings. The molecular formula is C56H103NO8. The molecule has 9 nitrogen and oxygen atoms in total. The molecule has 1 heterocycles. The van der Waals surface area contributed by atoms with Crippen LogP contribution in [0.4, 0.5) is 0 Å². The maximum atomic E-state index is 13.0. The van der Waals surface area contributed by atoms with Gasteiger partial charge in [0.2, 0.25) is 5.91 Å². The smallest absolute Gasteiger partial charge is 0.220 e. The molecule has 1 rings (SSSR count). The molecule has 1 aliphatic heterocycles. The van der Waals surface area contributed by atoms with E-state index in [-0.39, 0.29) is 12.5 Å². The van der Waals surface area contributed by atoms with E-state index in [1.807, 2.05) is 6.08 Å². The molecule has 9 heteroatoms. The van der Waals surface area contributed by atoms with Crippen LogP contribution in [0.2, 0.25) is 0 Å². The van der Waals surface area contributed by atoms with Crippen LogP contribution in [0.3, 0.4) is 0 Å². The number of amides is 1. The molecule has 1 amide bonds. The fourth-order valence-corrected chi connectivity index (χ4v) is 8.58. The van der Waals surface area contributed by atoms with Crippen molar-refractivity contribution in [3.8, 4) is 0 Å². The van der Waals surface area contributed by atoms with E-state index in [1.54, 1.807) is 6.08 Å². The lowest BCUT2D eigenvalue weighted by Crippen LogP contribution is -2.60. The van der Waals surface area contributed by atoms with Gasteiger partial charge in [0.25, 0.3) is 0 Å². The summed E-state index contributed by atoms with van der Waals surface area (Å²) in [4.78, 5) is 13.0. The molecular weight excluding hydrogens is 815 g/mol. The highest BCUT2D eigenvalue weighted by Crippen LogP contribution is 2.23. The molecule has 1 saturated heterocycles. The number of rotatable bonds is 46. The van der Waals surface area contributed by atoms with Gasteiger partial charge >= 0.3 is 0 Å². The van der Waals surface area contributed by atoms with Crippen LogP contribution in [0, 0.1) is 0 Å². The largest absolute Gasteiger partial charge is 0.394 e. The first-order chi connectivity index (χ1) is 31.8. The topological polar surface area (TPSA) is 149 Å². The summed E-state index contributed by atoms with van der Waals surface area (Å²) in [5.74, 6) is -0.186. The molecule has 0 bridgehead atoms. The van der Waals surface area contributed by atoms with Gasteiger partial charge in [0, 0.05) is 6.42 Å². The molecule has 1 aliphatic rings. The summed E-state index contributed by atoms with van der Waals surface area (Å²) in [5, 5.41) is 54.4. The number of ether oxygens (including phenoxy) is 2. The number of unbranched alkanes of at least 4 members (excludes halogenated alkanes) is 30. The zero-order valence-corrected chi connectivity index (χ0v) is 42.0. The first-order valence-electron chi connectivity index (χ1n) is 27.4. The van der Waals surface area contributed by atoms with E-state index in [0.29, 0.717) is 6.42 Å². The van der Waals surface area contributed by atoms with Crippen LogP contribution in [-0.4, -0.2) is 87.5 Å². The predicted octanol–water partition coefficient (Wildman–Crippen LogP) is 13.0. The summed E-state index contributed by atoms with van der Waals surface area (Å²) in [7, 11) is 0. The van der Waals surface area contributed by atoms with E-state index < -0.39 is 49.5 Å². The van der Waals surface area contributed by atoms with Crippen molar-refractivity contribution in [1.82, 2.24) is 5.32 Å². The summed E-state index contributed by atoms with van der Waals surface area (Å²) in [5.41, 5.74) is 0. The van der Waals surface area contributed by atoms with E-state index in [0.717, 1.165) is 70.6 Å². The Morgan fingerprint density at radius 1 is 0.538 bits per heavy atom. The summed E-state index contributed by atoms with van der Waals surface area (Å²) in [6.45, 7) is 3.68. The number of nitrogens with one attached hydrogen (secondary N) is 1. The quantitative estimate of drug-likeness (QED) is 0.0261. The van der Waals surface area contributed by atoms with Gasteiger partial charge in [-0.2, -0.15) is 0 Å². The lowest BCUT2D eigenvalue weighted by atomic mass is 9.99. The average molecular weight is 918 g/mol. The average Bonchev–Trinajstić information content (AvgIpc) is 3.31. The van der Waals surface area contributed by atoms with Crippen molar-refractivity contribution in [2.75, 3.05) is 13.2 Å². The highest BCUT2D eigenvalue weighted by Gasteiger charge is 2.44. The van der Waals surface area contributed by atoms with Crippen molar-refractivity contribution in [3.63, 3.8) is 0 Å². The first kappa shape index (κ1) is 61.2. The number of aliphatic hydroxyl groups is 5. The van der Waals surface area contributed by atoms with E-state index >= 15 is 0 Å². The van der Waals surface area contributed by atoms with Gasteiger partial charge in [0.15, 0.2) is 6.29 Å². The predicted molar refractivity (Wildman–Crippen MR) is 272 cm³/mol. The van der Waals surface area contributed by atoms with Gasteiger partial charge in [-0.25, -0.2) is 0 Å². The van der Waals surface area contributed by atoms with Gasteiger partial charge in [-0.1, -0.05) is 236 Å². The molecule has 0 spiro atoms. The molecule has 0 radical (unpaired) electrons. The van der Waals surface area contributed by atoms with Gasteiger partial charge in [0.05, 0.1) is 25.4 Å². The molecule has 0 saturated carbocycles. The fourth-order valence-electron chi connectivity index (χ4n) is 8.58. The Balaban J connectivity index is 2.25. The highest BCUT2D eigenvalue weighted by atomic mass is 16.7. The van der Waals surface area contributed by atoms with Crippen LogP contribution in [0.5, 0.6) is 0 Å². The minimum Gasteiger partial charge on any atom is -0.394 e. The van der Waals surface area contributed by atoms with Crippen LogP contribution >= 0.6 is 0 Å². The molecule has 0 aromatic heterocycles. The zero-order valence-electron chi connectivity index (χ0n) is 42.0. The second kappa shape index (κ2) is 45.9. The van der Waals surface area contributed by atoms with Crippen molar-refractivity contribution in [2.24, 2.45) is 0 Å². The summed E-state index contributed by atoms with van der Waals surface area (Å²) < 4.78 is 11.3. The van der Waals surface area contributed by atoms with Crippen molar-refractivity contribution in [2.45, 2.75) is 288 Å². The minimum atomic E-state index is -1.57. The third-order valence-electron chi connectivity index (χ3n) is 12.9. The third kappa shape index (κ3) is 35.9. The molecule has 1 fully saturated rings. The molecule has 0 aliphatic carbocycles. The van der Waals surface area contributed by atoms with Gasteiger partial charge in [-0.15, -0.1) is 0 Å². The Kier molecular flexibility index (Phi) is 43.2. The Hall–Kier alpha value is -1.85.